The topological polar surface area (TPSA) is 85.3 Å². The molecule has 2 N–H and O–H groups in total. The number of ether oxygens (including phenoxy) is 1. The summed E-state index contributed by atoms with van der Waals surface area (Å²) in [5.41, 5.74) is 2.07. The average Bonchev–Trinajstić information content (AvgIpc) is 3.09. The minimum Gasteiger partial charge on any atom is -0.484 e. The Hall–Kier alpha value is -3.35. The SMILES string of the molecule is Cc1nc2ccccc2n1CCCNC(=O)C(NC(=O)COc1ccccc1)C(C)C. The van der Waals surface area contributed by atoms with Crippen LogP contribution in [0.3, 0.4) is 0 Å². The number of amides is 2. The minimum absolute atomic E-state index is 0.0412. The number of carbonyl (C=O) groups excluding carboxylic acids is 2. The van der Waals surface area contributed by atoms with Crippen LogP contribution in [-0.2, 0) is 16.1 Å². The number of rotatable bonds is 10. The van der Waals surface area contributed by atoms with Crippen LogP contribution < -0.4 is 15.4 Å². The summed E-state index contributed by atoms with van der Waals surface area (Å²) in [5.74, 6) is 1.03. The monoisotopic (exact) mass is 422 g/mol. The predicted octanol–water partition coefficient (Wildman–Crippen LogP) is 3.07. The highest BCUT2D eigenvalue weighted by atomic mass is 16.5. The first-order chi connectivity index (χ1) is 15.0. The number of imidazole rings is 1. The van der Waals surface area contributed by atoms with E-state index < -0.39 is 6.04 Å². The number of nitrogens with one attached hydrogen (secondary N) is 2. The van der Waals surface area contributed by atoms with Crippen molar-refractivity contribution in [2.24, 2.45) is 5.92 Å². The van der Waals surface area contributed by atoms with Gasteiger partial charge in [0.05, 0.1) is 11.0 Å². The number of nitrogens with zero attached hydrogens (tertiary/aromatic N) is 2. The molecule has 0 aliphatic heterocycles. The molecule has 0 saturated heterocycles. The van der Waals surface area contributed by atoms with Gasteiger partial charge in [0.1, 0.15) is 17.6 Å². The molecule has 0 fully saturated rings. The van der Waals surface area contributed by atoms with E-state index in [2.05, 4.69) is 26.3 Å². The summed E-state index contributed by atoms with van der Waals surface area (Å²) in [6, 6.07) is 16.5. The maximum atomic E-state index is 12.6. The first kappa shape index (κ1) is 22.3. The summed E-state index contributed by atoms with van der Waals surface area (Å²) in [4.78, 5) is 29.5. The number of aryl methyl sites for hydroxylation is 2. The molecule has 2 amide bonds. The van der Waals surface area contributed by atoms with Crippen molar-refractivity contribution in [3.05, 3.63) is 60.4 Å². The highest BCUT2D eigenvalue weighted by molar-refractivity contribution is 5.88. The second-order valence-corrected chi connectivity index (χ2v) is 7.83. The van der Waals surface area contributed by atoms with Crippen molar-refractivity contribution in [2.75, 3.05) is 13.2 Å². The molecule has 164 valence electrons. The summed E-state index contributed by atoms with van der Waals surface area (Å²) in [7, 11) is 0. The van der Waals surface area contributed by atoms with Crippen LogP contribution in [0.2, 0.25) is 0 Å². The van der Waals surface area contributed by atoms with Crippen LogP contribution in [0, 0.1) is 12.8 Å². The molecule has 1 unspecified atom stereocenters. The van der Waals surface area contributed by atoms with Crippen molar-refractivity contribution < 1.29 is 14.3 Å². The predicted molar refractivity (Wildman–Crippen MR) is 121 cm³/mol. The van der Waals surface area contributed by atoms with Crippen molar-refractivity contribution >= 4 is 22.8 Å². The number of benzene rings is 2. The summed E-state index contributed by atoms with van der Waals surface area (Å²) in [5, 5.41) is 5.73. The van der Waals surface area contributed by atoms with Crippen LogP contribution in [0.1, 0.15) is 26.1 Å². The first-order valence-electron chi connectivity index (χ1n) is 10.6. The zero-order chi connectivity index (χ0) is 22.2. The molecule has 0 radical (unpaired) electrons. The second kappa shape index (κ2) is 10.6. The van der Waals surface area contributed by atoms with Crippen LogP contribution in [-0.4, -0.2) is 40.6 Å². The number of hydrogen-bond acceptors (Lipinski definition) is 4. The Labute approximate surface area is 182 Å². The summed E-state index contributed by atoms with van der Waals surface area (Å²) in [6.07, 6.45) is 0.767. The van der Waals surface area contributed by atoms with Crippen molar-refractivity contribution in [1.29, 1.82) is 0 Å². The molecule has 0 aliphatic carbocycles. The Morgan fingerprint density at radius 1 is 1.06 bits per heavy atom. The normalized spacial score (nSPS) is 12.0. The lowest BCUT2D eigenvalue weighted by Crippen LogP contribution is -2.51. The number of carbonyl (C=O) groups is 2. The van der Waals surface area contributed by atoms with Gasteiger partial charge in [-0.15, -0.1) is 0 Å². The van der Waals surface area contributed by atoms with Gasteiger partial charge in [-0.3, -0.25) is 9.59 Å². The van der Waals surface area contributed by atoms with Gasteiger partial charge in [-0.1, -0.05) is 44.2 Å². The summed E-state index contributed by atoms with van der Waals surface area (Å²) in [6.45, 7) is 6.95. The molecule has 1 atom stereocenters. The summed E-state index contributed by atoms with van der Waals surface area (Å²) >= 11 is 0. The molecule has 0 spiro atoms. The Bertz CT molecular complexity index is 1010. The molecule has 3 aromatic rings. The third-order valence-corrected chi connectivity index (χ3v) is 5.08. The van der Waals surface area contributed by atoms with E-state index in [1.807, 2.05) is 57.2 Å². The van der Waals surface area contributed by atoms with Crippen LogP contribution in [0.25, 0.3) is 11.0 Å². The van der Waals surface area contributed by atoms with Gasteiger partial charge in [0.15, 0.2) is 6.61 Å². The van der Waals surface area contributed by atoms with Gasteiger partial charge in [0, 0.05) is 13.1 Å². The molecule has 31 heavy (non-hydrogen) atoms. The van der Waals surface area contributed by atoms with Gasteiger partial charge in [0.25, 0.3) is 5.91 Å². The Kier molecular flexibility index (Phi) is 7.65. The highest BCUT2D eigenvalue weighted by Gasteiger charge is 2.24. The number of aromatic nitrogens is 2. The third-order valence-electron chi connectivity index (χ3n) is 5.08. The molecule has 0 aliphatic rings. The molecule has 1 heterocycles. The first-order valence-corrected chi connectivity index (χ1v) is 10.6. The van der Waals surface area contributed by atoms with E-state index in [1.165, 1.54) is 0 Å². The van der Waals surface area contributed by atoms with E-state index in [-0.39, 0.29) is 24.3 Å². The second-order valence-electron chi connectivity index (χ2n) is 7.83. The molecule has 2 aromatic carbocycles. The molecule has 3 rings (SSSR count). The Morgan fingerprint density at radius 2 is 1.77 bits per heavy atom. The van der Waals surface area contributed by atoms with Crippen LogP contribution in [0.5, 0.6) is 5.75 Å². The van der Waals surface area contributed by atoms with Crippen LogP contribution in [0.4, 0.5) is 0 Å². The fraction of sp³-hybridized carbons (Fsp3) is 0.375. The fourth-order valence-electron chi connectivity index (χ4n) is 3.45. The maximum Gasteiger partial charge on any atom is 0.258 e. The Morgan fingerprint density at radius 3 is 2.52 bits per heavy atom. The minimum atomic E-state index is -0.609. The quantitative estimate of drug-likeness (QED) is 0.492. The lowest BCUT2D eigenvalue weighted by molar-refractivity contribution is -0.131. The van der Waals surface area contributed by atoms with E-state index in [1.54, 1.807) is 12.1 Å². The van der Waals surface area contributed by atoms with E-state index in [4.69, 9.17) is 4.74 Å². The van der Waals surface area contributed by atoms with Crippen molar-refractivity contribution in [1.82, 2.24) is 20.2 Å². The maximum absolute atomic E-state index is 12.6. The third kappa shape index (κ3) is 6.07. The van der Waals surface area contributed by atoms with E-state index in [9.17, 15) is 9.59 Å². The van der Waals surface area contributed by atoms with Crippen molar-refractivity contribution in [2.45, 2.75) is 39.8 Å². The lowest BCUT2D eigenvalue weighted by atomic mass is 10.0. The summed E-state index contributed by atoms with van der Waals surface area (Å²) < 4.78 is 7.62. The number of hydrogen-bond donors (Lipinski definition) is 2. The average molecular weight is 423 g/mol. The molecule has 1 aromatic heterocycles. The fourth-order valence-corrected chi connectivity index (χ4v) is 3.45. The van der Waals surface area contributed by atoms with Crippen molar-refractivity contribution in [3.8, 4) is 5.75 Å². The largest absolute Gasteiger partial charge is 0.484 e. The molecular formula is C24H30N4O3. The standard InChI is InChI=1S/C24H30N4O3/c1-17(2)23(27-22(29)16-31-19-10-5-4-6-11-19)24(30)25-14-9-15-28-18(3)26-20-12-7-8-13-21(20)28/h4-8,10-13,17,23H,9,14-16H2,1-3H3,(H,25,30)(H,27,29). The zero-order valence-electron chi connectivity index (χ0n) is 18.3. The molecule has 0 bridgehead atoms. The van der Waals surface area contributed by atoms with Crippen LogP contribution in [0.15, 0.2) is 54.6 Å². The number of para-hydroxylation sites is 3. The lowest BCUT2D eigenvalue weighted by Gasteiger charge is -2.22. The van der Waals surface area contributed by atoms with E-state index in [0.29, 0.717) is 12.3 Å². The zero-order valence-corrected chi connectivity index (χ0v) is 18.3. The molecule has 0 saturated carbocycles. The van der Waals surface area contributed by atoms with Crippen molar-refractivity contribution in [3.63, 3.8) is 0 Å². The van der Waals surface area contributed by atoms with Gasteiger partial charge >= 0.3 is 0 Å². The van der Waals surface area contributed by atoms with Gasteiger partial charge < -0.3 is 19.9 Å². The van der Waals surface area contributed by atoms with Crippen LogP contribution >= 0.6 is 0 Å². The smallest absolute Gasteiger partial charge is 0.258 e. The van der Waals surface area contributed by atoms with E-state index in [0.717, 1.165) is 29.8 Å². The Balaban J connectivity index is 1.46. The van der Waals surface area contributed by atoms with Gasteiger partial charge in [0.2, 0.25) is 5.91 Å². The molecular weight excluding hydrogens is 392 g/mol. The van der Waals surface area contributed by atoms with Gasteiger partial charge in [-0.25, -0.2) is 4.98 Å². The number of fused-ring (bicyclic) bond motifs is 1. The van der Waals surface area contributed by atoms with Gasteiger partial charge in [-0.05, 0) is 43.5 Å². The van der Waals surface area contributed by atoms with Gasteiger partial charge in [-0.2, -0.15) is 0 Å². The van der Waals surface area contributed by atoms with E-state index >= 15 is 0 Å². The molecule has 7 heteroatoms. The molecule has 7 nitrogen and oxygen atoms in total. The highest BCUT2D eigenvalue weighted by Crippen LogP contribution is 2.15.